The molecule has 2 aliphatic heterocycles. The molecule has 2 amide bonds. The van der Waals surface area contributed by atoms with Gasteiger partial charge in [0.2, 0.25) is 5.91 Å². The number of carbonyl (C=O) groups excluding carboxylic acids is 2. The third-order valence-electron chi connectivity index (χ3n) is 5.12. The third kappa shape index (κ3) is 2.40. The molecule has 0 N–H and O–H groups in total. The summed E-state index contributed by atoms with van der Waals surface area (Å²) < 4.78 is 20.1. The highest BCUT2D eigenvalue weighted by Gasteiger charge is 2.56. The number of carbonyl (C=O) groups is 2. The summed E-state index contributed by atoms with van der Waals surface area (Å²) in [6, 6.07) is -0.287. The molecule has 2 heterocycles. The van der Waals surface area contributed by atoms with E-state index < -0.39 is 11.3 Å². The molecule has 7 heteroatoms. The predicted molar refractivity (Wildman–Crippen MR) is 78.1 cm³/mol. The molecular weight excluding hydrogens is 289 g/mol. The van der Waals surface area contributed by atoms with Crippen LogP contribution in [0.4, 0.5) is 4.39 Å². The number of halogens is 1. The number of likely N-dealkylation sites (N-methyl/N-ethyl adjacent to an activating group) is 2. The minimum atomic E-state index is -1.63. The largest absolute Gasteiger partial charge is 0.368 e. The first-order valence-electron chi connectivity index (χ1n) is 7.80. The van der Waals surface area contributed by atoms with Crippen molar-refractivity contribution in [2.45, 2.75) is 36.6 Å². The van der Waals surface area contributed by atoms with Crippen LogP contribution in [0.15, 0.2) is 0 Å². The van der Waals surface area contributed by atoms with Crippen molar-refractivity contribution in [3.63, 3.8) is 0 Å². The number of hydrogen-bond donors (Lipinski definition) is 0. The molecule has 1 atom stereocenters. The van der Waals surface area contributed by atoms with Gasteiger partial charge < -0.3 is 14.5 Å². The normalized spacial score (nSPS) is 29.6. The molecule has 0 aromatic heterocycles. The summed E-state index contributed by atoms with van der Waals surface area (Å²) in [5, 5.41) is 0. The Morgan fingerprint density at radius 3 is 2.32 bits per heavy atom. The van der Waals surface area contributed by atoms with Gasteiger partial charge in [0, 0.05) is 20.6 Å². The Kier molecular flexibility index (Phi) is 3.68. The fraction of sp³-hybridized carbons (Fsp3) is 0.867. The SMILES string of the molecule is CN(C)C(=O)[C@H]1COC2(CN(C(=O)C3(F)CCC3)C2)CN1C. The predicted octanol–water partition coefficient (Wildman–Crippen LogP) is -0.122. The molecule has 1 saturated carbocycles. The second-order valence-electron chi connectivity index (χ2n) is 7.14. The Hall–Kier alpha value is -1.21. The van der Waals surface area contributed by atoms with E-state index >= 15 is 0 Å². The molecule has 1 spiro atoms. The minimum absolute atomic E-state index is 0.0155. The molecule has 0 aromatic rings. The maximum absolute atomic E-state index is 14.2. The van der Waals surface area contributed by atoms with Crippen LogP contribution in [0.25, 0.3) is 0 Å². The van der Waals surface area contributed by atoms with E-state index in [1.807, 2.05) is 11.9 Å². The summed E-state index contributed by atoms with van der Waals surface area (Å²) in [6.45, 7) is 1.74. The smallest absolute Gasteiger partial charge is 0.260 e. The fourth-order valence-corrected chi connectivity index (χ4v) is 3.52. The van der Waals surface area contributed by atoms with Gasteiger partial charge in [0.25, 0.3) is 5.91 Å². The van der Waals surface area contributed by atoms with Gasteiger partial charge in [-0.3, -0.25) is 14.5 Å². The van der Waals surface area contributed by atoms with Gasteiger partial charge in [-0.2, -0.15) is 0 Å². The van der Waals surface area contributed by atoms with Crippen LogP contribution in [0.3, 0.4) is 0 Å². The van der Waals surface area contributed by atoms with Crippen molar-refractivity contribution in [3.8, 4) is 0 Å². The first-order chi connectivity index (χ1) is 10.3. The van der Waals surface area contributed by atoms with Gasteiger partial charge in [0.05, 0.1) is 19.7 Å². The standard InChI is InChI=1S/C15H24FN3O3/c1-17(2)12(20)11-7-22-14(8-18(11)3)9-19(10-14)13(21)15(16)5-4-6-15/h11H,4-10H2,1-3H3/t11-/m1/s1. The Balaban J connectivity index is 1.56. The second-order valence-corrected chi connectivity index (χ2v) is 7.14. The maximum atomic E-state index is 14.2. The zero-order valence-electron chi connectivity index (χ0n) is 13.5. The van der Waals surface area contributed by atoms with Gasteiger partial charge in [0.15, 0.2) is 5.67 Å². The number of rotatable bonds is 2. The molecule has 22 heavy (non-hydrogen) atoms. The Labute approximate surface area is 130 Å². The van der Waals surface area contributed by atoms with Crippen LogP contribution in [0.1, 0.15) is 19.3 Å². The average Bonchev–Trinajstić information content (AvgIpc) is 2.40. The Bertz CT molecular complexity index is 486. The molecule has 0 aromatic carbocycles. The Morgan fingerprint density at radius 1 is 1.23 bits per heavy atom. The molecular formula is C15H24FN3O3. The van der Waals surface area contributed by atoms with Gasteiger partial charge in [-0.15, -0.1) is 0 Å². The minimum Gasteiger partial charge on any atom is -0.368 e. The van der Waals surface area contributed by atoms with E-state index in [0.29, 0.717) is 39.1 Å². The molecule has 1 aliphatic carbocycles. The van der Waals surface area contributed by atoms with Crippen molar-refractivity contribution < 1.29 is 18.7 Å². The maximum Gasteiger partial charge on any atom is 0.260 e. The topological polar surface area (TPSA) is 53.1 Å². The molecule has 3 rings (SSSR count). The van der Waals surface area contributed by atoms with E-state index in [4.69, 9.17) is 4.74 Å². The first-order valence-corrected chi connectivity index (χ1v) is 7.80. The quantitative estimate of drug-likeness (QED) is 0.713. The Morgan fingerprint density at radius 2 is 1.86 bits per heavy atom. The summed E-state index contributed by atoms with van der Waals surface area (Å²) in [6.07, 6.45) is 1.47. The lowest BCUT2D eigenvalue weighted by Gasteiger charge is -2.56. The summed E-state index contributed by atoms with van der Waals surface area (Å²) in [5.74, 6) is -0.371. The molecule has 0 radical (unpaired) electrons. The van der Waals surface area contributed by atoms with Crippen molar-refractivity contribution in [1.29, 1.82) is 0 Å². The van der Waals surface area contributed by atoms with Crippen molar-refractivity contribution in [3.05, 3.63) is 0 Å². The fourth-order valence-electron chi connectivity index (χ4n) is 3.52. The number of amides is 2. The van der Waals surface area contributed by atoms with E-state index in [0.717, 1.165) is 6.42 Å². The van der Waals surface area contributed by atoms with Gasteiger partial charge in [-0.25, -0.2) is 4.39 Å². The van der Waals surface area contributed by atoms with Crippen LogP contribution in [-0.2, 0) is 14.3 Å². The number of alkyl halides is 1. The van der Waals surface area contributed by atoms with Crippen molar-refractivity contribution >= 4 is 11.8 Å². The van der Waals surface area contributed by atoms with Gasteiger partial charge in [0.1, 0.15) is 11.6 Å². The van der Waals surface area contributed by atoms with Crippen LogP contribution in [-0.4, -0.2) is 91.2 Å². The van der Waals surface area contributed by atoms with Crippen LogP contribution < -0.4 is 0 Å². The molecule has 3 fully saturated rings. The van der Waals surface area contributed by atoms with E-state index in [1.165, 1.54) is 0 Å². The van der Waals surface area contributed by atoms with Crippen LogP contribution in [0.5, 0.6) is 0 Å². The summed E-state index contributed by atoms with van der Waals surface area (Å²) in [5.41, 5.74) is -2.07. The molecule has 3 aliphatic rings. The summed E-state index contributed by atoms with van der Waals surface area (Å²) in [7, 11) is 5.34. The lowest BCUT2D eigenvalue weighted by molar-refractivity contribution is -0.209. The highest BCUT2D eigenvalue weighted by Crippen LogP contribution is 2.40. The van der Waals surface area contributed by atoms with Crippen molar-refractivity contribution in [2.24, 2.45) is 0 Å². The van der Waals surface area contributed by atoms with Crippen molar-refractivity contribution in [1.82, 2.24) is 14.7 Å². The molecule has 0 bridgehead atoms. The number of morpholine rings is 1. The highest BCUT2D eigenvalue weighted by molar-refractivity contribution is 5.87. The second kappa shape index (κ2) is 5.16. The lowest BCUT2D eigenvalue weighted by atomic mass is 9.79. The van der Waals surface area contributed by atoms with Crippen LogP contribution in [0, 0.1) is 0 Å². The van der Waals surface area contributed by atoms with E-state index in [1.54, 1.807) is 23.9 Å². The molecule has 124 valence electrons. The highest BCUT2D eigenvalue weighted by atomic mass is 19.1. The van der Waals surface area contributed by atoms with Crippen LogP contribution >= 0.6 is 0 Å². The zero-order chi connectivity index (χ0) is 16.1. The van der Waals surface area contributed by atoms with E-state index in [9.17, 15) is 14.0 Å². The third-order valence-corrected chi connectivity index (χ3v) is 5.12. The number of hydrogen-bond acceptors (Lipinski definition) is 4. The van der Waals surface area contributed by atoms with Crippen molar-refractivity contribution in [2.75, 3.05) is 47.4 Å². The van der Waals surface area contributed by atoms with Gasteiger partial charge >= 0.3 is 0 Å². The summed E-state index contributed by atoms with van der Waals surface area (Å²) in [4.78, 5) is 29.3. The van der Waals surface area contributed by atoms with E-state index in [2.05, 4.69) is 0 Å². The van der Waals surface area contributed by atoms with E-state index in [-0.39, 0.29) is 17.9 Å². The average molecular weight is 313 g/mol. The molecule has 6 nitrogen and oxygen atoms in total. The number of nitrogens with zero attached hydrogens (tertiary/aromatic N) is 3. The number of ether oxygens (including phenoxy) is 1. The van der Waals surface area contributed by atoms with Crippen LogP contribution in [0.2, 0.25) is 0 Å². The summed E-state index contributed by atoms with van der Waals surface area (Å²) >= 11 is 0. The van der Waals surface area contributed by atoms with Gasteiger partial charge in [-0.1, -0.05) is 0 Å². The molecule has 2 saturated heterocycles. The monoisotopic (exact) mass is 313 g/mol. The zero-order valence-corrected chi connectivity index (χ0v) is 13.5. The van der Waals surface area contributed by atoms with Gasteiger partial charge in [-0.05, 0) is 26.3 Å². The first kappa shape index (κ1) is 15.7. The molecule has 0 unspecified atom stereocenters. The number of likely N-dealkylation sites (tertiary alicyclic amines) is 1. The lowest BCUT2D eigenvalue weighted by Crippen LogP contribution is -2.74.